The number of benzene rings is 2. The van der Waals surface area contributed by atoms with Gasteiger partial charge in [-0.25, -0.2) is 0 Å². The molecule has 0 bridgehead atoms. The maximum atomic E-state index is 3.42. The summed E-state index contributed by atoms with van der Waals surface area (Å²) in [6.07, 6.45) is 0. The van der Waals surface area contributed by atoms with Crippen LogP contribution in [0.1, 0.15) is 0 Å². The van der Waals surface area contributed by atoms with Gasteiger partial charge >= 0.3 is 0 Å². The summed E-state index contributed by atoms with van der Waals surface area (Å²) in [6.45, 7) is 0. The Balaban J connectivity index is 2.04. The molecule has 0 aliphatic heterocycles. The number of aromatic nitrogens is 1. The van der Waals surface area contributed by atoms with Gasteiger partial charge in [-0.05, 0) is 24.3 Å². The lowest BCUT2D eigenvalue weighted by Crippen LogP contribution is -1.96. The van der Waals surface area contributed by atoms with Crippen LogP contribution in [0.15, 0.2) is 60.7 Å². The van der Waals surface area contributed by atoms with Crippen molar-refractivity contribution in [2.75, 3.05) is 5.32 Å². The summed E-state index contributed by atoms with van der Waals surface area (Å²) in [6, 6.07) is 20.8. The van der Waals surface area contributed by atoms with Crippen molar-refractivity contribution < 1.29 is 0 Å². The van der Waals surface area contributed by atoms with Crippen LogP contribution >= 0.6 is 0 Å². The van der Waals surface area contributed by atoms with Gasteiger partial charge < -0.3 is 9.88 Å². The molecule has 84 valence electrons. The van der Waals surface area contributed by atoms with E-state index in [1.807, 2.05) is 18.2 Å². The molecule has 0 saturated carbocycles. The van der Waals surface area contributed by atoms with Crippen molar-refractivity contribution in [3.05, 3.63) is 60.7 Å². The quantitative estimate of drug-likeness (QED) is 0.695. The van der Waals surface area contributed by atoms with Crippen LogP contribution < -0.4 is 5.32 Å². The molecule has 1 aromatic heterocycles. The van der Waals surface area contributed by atoms with Crippen molar-refractivity contribution in [3.63, 3.8) is 0 Å². The van der Waals surface area contributed by atoms with E-state index in [9.17, 15) is 0 Å². The van der Waals surface area contributed by atoms with Crippen LogP contribution in [0.5, 0.6) is 0 Å². The van der Waals surface area contributed by atoms with Gasteiger partial charge in [0, 0.05) is 23.6 Å². The molecule has 0 spiro atoms. The zero-order valence-corrected chi connectivity index (χ0v) is 9.72. The topological polar surface area (TPSA) is 17.0 Å². The maximum Gasteiger partial charge on any atom is 0.111 e. The number of para-hydroxylation sites is 2. The lowest BCUT2D eigenvalue weighted by molar-refractivity contribution is 0.977. The van der Waals surface area contributed by atoms with E-state index in [4.69, 9.17) is 0 Å². The molecule has 2 nitrogen and oxygen atoms in total. The van der Waals surface area contributed by atoms with E-state index in [-0.39, 0.29) is 0 Å². The summed E-state index contributed by atoms with van der Waals surface area (Å²) in [5.74, 6) is 1.11. The van der Waals surface area contributed by atoms with Crippen LogP contribution in [0, 0.1) is 0 Å². The maximum absolute atomic E-state index is 3.42. The van der Waals surface area contributed by atoms with Crippen LogP contribution in [0.3, 0.4) is 0 Å². The van der Waals surface area contributed by atoms with Gasteiger partial charge in [0.15, 0.2) is 0 Å². The van der Waals surface area contributed by atoms with Crippen molar-refractivity contribution >= 4 is 22.4 Å². The second-order valence-electron chi connectivity index (χ2n) is 4.14. The summed E-state index contributed by atoms with van der Waals surface area (Å²) in [5, 5.41) is 4.68. The minimum absolute atomic E-state index is 1.11. The number of fused-ring (bicyclic) bond motifs is 1. The Morgan fingerprint density at radius 1 is 0.882 bits per heavy atom. The molecule has 1 N–H and O–H groups in total. The number of anilines is 2. The molecule has 0 saturated heterocycles. The SMILES string of the molecule is Cn1c(Nc2ccccc2)cc2ccccc21. The number of nitrogens with one attached hydrogen (secondary N) is 1. The molecule has 0 fully saturated rings. The van der Waals surface area contributed by atoms with E-state index in [1.165, 1.54) is 10.9 Å². The fourth-order valence-corrected chi connectivity index (χ4v) is 2.08. The minimum atomic E-state index is 1.11. The molecule has 2 heteroatoms. The van der Waals surface area contributed by atoms with Crippen LogP contribution in [-0.2, 0) is 7.05 Å². The fourth-order valence-electron chi connectivity index (χ4n) is 2.08. The average Bonchev–Trinajstić information content (AvgIpc) is 2.68. The van der Waals surface area contributed by atoms with E-state index < -0.39 is 0 Å². The highest BCUT2D eigenvalue weighted by Crippen LogP contribution is 2.24. The number of hydrogen-bond donors (Lipinski definition) is 1. The number of hydrogen-bond acceptors (Lipinski definition) is 1. The van der Waals surface area contributed by atoms with Crippen LogP contribution in [0.2, 0.25) is 0 Å². The molecule has 2 aromatic carbocycles. The molecule has 3 rings (SSSR count). The molecule has 0 aliphatic rings. The van der Waals surface area contributed by atoms with E-state index in [0.717, 1.165) is 11.5 Å². The highest BCUT2D eigenvalue weighted by Gasteiger charge is 2.04. The summed E-state index contributed by atoms with van der Waals surface area (Å²) >= 11 is 0. The van der Waals surface area contributed by atoms with Crippen molar-refractivity contribution in [2.45, 2.75) is 0 Å². The molecule has 0 radical (unpaired) electrons. The molecule has 1 heterocycles. The van der Waals surface area contributed by atoms with Gasteiger partial charge in [0.1, 0.15) is 5.82 Å². The van der Waals surface area contributed by atoms with E-state index in [2.05, 4.69) is 59.4 Å². The number of nitrogens with zero attached hydrogens (tertiary/aromatic N) is 1. The first-order valence-corrected chi connectivity index (χ1v) is 5.71. The van der Waals surface area contributed by atoms with Gasteiger partial charge in [-0.1, -0.05) is 36.4 Å². The van der Waals surface area contributed by atoms with Crippen LogP contribution in [0.25, 0.3) is 10.9 Å². The minimum Gasteiger partial charge on any atom is -0.342 e. The predicted octanol–water partition coefficient (Wildman–Crippen LogP) is 3.92. The lowest BCUT2D eigenvalue weighted by atomic mass is 10.2. The molecular formula is C15H14N2. The number of aryl methyl sites for hydroxylation is 1. The molecule has 0 unspecified atom stereocenters. The standard InChI is InChI=1S/C15H14N2/c1-17-14-10-6-5-7-12(14)11-15(17)16-13-8-3-2-4-9-13/h2-11,16H,1H3. The van der Waals surface area contributed by atoms with Gasteiger partial charge in [0.2, 0.25) is 0 Å². The van der Waals surface area contributed by atoms with E-state index in [0.29, 0.717) is 0 Å². The van der Waals surface area contributed by atoms with Gasteiger partial charge in [0.25, 0.3) is 0 Å². The first-order chi connectivity index (χ1) is 8.34. The smallest absolute Gasteiger partial charge is 0.111 e. The van der Waals surface area contributed by atoms with E-state index >= 15 is 0 Å². The predicted molar refractivity (Wildman–Crippen MR) is 72.6 cm³/mol. The van der Waals surface area contributed by atoms with Crippen molar-refractivity contribution in [3.8, 4) is 0 Å². The third-order valence-electron chi connectivity index (χ3n) is 3.00. The van der Waals surface area contributed by atoms with Gasteiger partial charge in [-0.3, -0.25) is 0 Å². The Morgan fingerprint density at radius 2 is 1.59 bits per heavy atom. The average molecular weight is 222 g/mol. The Bertz CT molecular complexity index is 638. The number of rotatable bonds is 2. The Hall–Kier alpha value is -2.22. The second kappa shape index (κ2) is 3.98. The van der Waals surface area contributed by atoms with Crippen LogP contribution in [-0.4, -0.2) is 4.57 Å². The summed E-state index contributed by atoms with van der Waals surface area (Å²) in [7, 11) is 2.08. The molecule has 0 amide bonds. The molecule has 0 atom stereocenters. The molecule has 0 aliphatic carbocycles. The Labute approximate surface area is 101 Å². The van der Waals surface area contributed by atoms with Gasteiger partial charge in [0.05, 0.1) is 0 Å². The van der Waals surface area contributed by atoms with Crippen molar-refractivity contribution in [1.82, 2.24) is 4.57 Å². The monoisotopic (exact) mass is 222 g/mol. The molecular weight excluding hydrogens is 208 g/mol. The van der Waals surface area contributed by atoms with Crippen molar-refractivity contribution in [1.29, 1.82) is 0 Å². The Kier molecular flexibility index (Phi) is 2.33. The first-order valence-electron chi connectivity index (χ1n) is 5.71. The summed E-state index contributed by atoms with van der Waals surface area (Å²) in [5.41, 5.74) is 2.35. The second-order valence-corrected chi connectivity index (χ2v) is 4.14. The largest absolute Gasteiger partial charge is 0.342 e. The first kappa shape index (κ1) is 9.97. The highest BCUT2D eigenvalue weighted by molar-refractivity contribution is 5.85. The summed E-state index contributed by atoms with van der Waals surface area (Å²) in [4.78, 5) is 0. The molecule has 17 heavy (non-hydrogen) atoms. The normalized spacial score (nSPS) is 10.6. The van der Waals surface area contributed by atoms with Crippen LogP contribution in [0.4, 0.5) is 11.5 Å². The lowest BCUT2D eigenvalue weighted by Gasteiger charge is -2.07. The Morgan fingerprint density at radius 3 is 2.35 bits per heavy atom. The highest BCUT2D eigenvalue weighted by atomic mass is 15.1. The third kappa shape index (κ3) is 1.78. The zero-order chi connectivity index (χ0) is 11.7. The summed E-state index contributed by atoms with van der Waals surface area (Å²) < 4.78 is 2.17. The molecule has 3 aromatic rings. The third-order valence-corrected chi connectivity index (χ3v) is 3.00. The van der Waals surface area contributed by atoms with Gasteiger partial charge in [-0.15, -0.1) is 0 Å². The fraction of sp³-hybridized carbons (Fsp3) is 0.0667. The zero-order valence-electron chi connectivity index (χ0n) is 9.72. The van der Waals surface area contributed by atoms with E-state index in [1.54, 1.807) is 0 Å². The van der Waals surface area contributed by atoms with Crippen molar-refractivity contribution in [2.24, 2.45) is 7.05 Å². The van der Waals surface area contributed by atoms with Gasteiger partial charge in [-0.2, -0.15) is 0 Å².